The molecule has 2 fully saturated rings. The van der Waals surface area contributed by atoms with E-state index in [2.05, 4.69) is 24.1 Å². The summed E-state index contributed by atoms with van der Waals surface area (Å²) >= 11 is 0. The lowest BCUT2D eigenvalue weighted by Crippen LogP contribution is -2.49. The minimum atomic E-state index is 0.494. The summed E-state index contributed by atoms with van der Waals surface area (Å²) < 4.78 is 5.74. The van der Waals surface area contributed by atoms with Gasteiger partial charge in [0.25, 0.3) is 0 Å². The summed E-state index contributed by atoms with van der Waals surface area (Å²) in [4.78, 5) is 2.56. The molecule has 0 spiro atoms. The van der Waals surface area contributed by atoms with Gasteiger partial charge in [0.2, 0.25) is 0 Å². The maximum atomic E-state index is 5.74. The van der Waals surface area contributed by atoms with Gasteiger partial charge in [0, 0.05) is 25.7 Å². The van der Waals surface area contributed by atoms with Gasteiger partial charge in [0.15, 0.2) is 0 Å². The first-order chi connectivity index (χ1) is 8.29. The van der Waals surface area contributed by atoms with Crippen LogP contribution in [0.15, 0.2) is 0 Å². The molecular weight excluding hydrogens is 212 g/mol. The van der Waals surface area contributed by atoms with Crippen molar-refractivity contribution < 1.29 is 4.74 Å². The van der Waals surface area contributed by atoms with Crippen LogP contribution in [-0.4, -0.2) is 49.8 Å². The van der Waals surface area contributed by atoms with E-state index in [4.69, 9.17) is 4.74 Å². The van der Waals surface area contributed by atoms with Gasteiger partial charge in [0.05, 0.1) is 6.10 Å². The van der Waals surface area contributed by atoms with Crippen molar-refractivity contribution in [3.63, 3.8) is 0 Å². The molecule has 2 aliphatic rings. The Bertz CT molecular complexity index is 216. The SMILES string of the molecule is CCN(CC1CCCO1)CC1NCCCC1C. The van der Waals surface area contributed by atoms with Crippen LogP contribution in [0.25, 0.3) is 0 Å². The Hall–Kier alpha value is -0.120. The monoisotopic (exact) mass is 240 g/mol. The number of hydrogen-bond donors (Lipinski definition) is 1. The topological polar surface area (TPSA) is 24.5 Å². The molecule has 0 aromatic carbocycles. The van der Waals surface area contributed by atoms with Crippen LogP contribution in [0.2, 0.25) is 0 Å². The minimum absolute atomic E-state index is 0.494. The molecule has 3 heteroatoms. The number of likely N-dealkylation sites (N-methyl/N-ethyl adjacent to an activating group) is 1. The summed E-state index contributed by atoms with van der Waals surface area (Å²) in [6.07, 6.45) is 5.73. The standard InChI is InChI=1S/C14H28N2O/c1-3-16(10-13-7-5-9-17-13)11-14-12(2)6-4-8-15-14/h12-15H,3-11H2,1-2H3. The van der Waals surface area contributed by atoms with Gasteiger partial charge in [-0.25, -0.2) is 0 Å². The van der Waals surface area contributed by atoms with E-state index in [1.807, 2.05) is 0 Å². The summed E-state index contributed by atoms with van der Waals surface area (Å²) in [7, 11) is 0. The second kappa shape index (κ2) is 6.72. The fourth-order valence-corrected chi connectivity index (χ4v) is 3.05. The number of nitrogens with one attached hydrogen (secondary N) is 1. The number of rotatable bonds is 5. The highest BCUT2D eigenvalue weighted by atomic mass is 16.5. The van der Waals surface area contributed by atoms with Gasteiger partial charge in [-0.3, -0.25) is 4.90 Å². The minimum Gasteiger partial charge on any atom is -0.377 e. The third-order valence-corrected chi connectivity index (χ3v) is 4.32. The van der Waals surface area contributed by atoms with Crippen molar-refractivity contribution in [2.24, 2.45) is 5.92 Å². The fourth-order valence-electron chi connectivity index (χ4n) is 3.05. The van der Waals surface area contributed by atoms with Crippen LogP contribution in [0.1, 0.15) is 39.5 Å². The van der Waals surface area contributed by atoms with Crippen LogP contribution < -0.4 is 5.32 Å². The highest BCUT2D eigenvalue weighted by molar-refractivity contribution is 4.82. The molecule has 3 unspecified atom stereocenters. The summed E-state index contributed by atoms with van der Waals surface area (Å²) in [6, 6.07) is 0.685. The zero-order valence-corrected chi connectivity index (χ0v) is 11.5. The van der Waals surface area contributed by atoms with Gasteiger partial charge in [-0.2, -0.15) is 0 Å². The van der Waals surface area contributed by atoms with E-state index in [1.54, 1.807) is 0 Å². The smallest absolute Gasteiger partial charge is 0.0702 e. The summed E-state index contributed by atoms with van der Waals surface area (Å²) in [6.45, 7) is 10.3. The summed E-state index contributed by atoms with van der Waals surface area (Å²) in [5.74, 6) is 0.822. The quantitative estimate of drug-likeness (QED) is 0.794. The molecule has 2 heterocycles. The second-order valence-electron chi connectivity index (χ2n) is 5.67. The molecule has 17 heavy (non-hydrogen) atoms. The van der Waals surface area contributed by atoms with Crippen molar-refractivity contribution in [3.8, 4) is 0 Å². The van der Waals surface area contributed by atoms with Gasteiger partial charge < -0.3 is 10.1 Å². The Labute approximate surface area is 106 Å². The Kier molecular flexibility index (Phi) is 5.26. The number of hydrogen-bond acceptors (Lipinski definition) is 3. The van der Waals surface area contributed by atoms with E-state index in [0.717, 1.165) is 25.6 Å². The Morgan fingerprint density at radius 1 is 1.24 bits per heavy atom. The molecular formula is C14H28N2O. The lowest BCUT2D eigenvalue weighted by molar-refractivity contribution is 0.0671. The van der Waals surface area contributed by atoms with Crippen molar-refractivity contribution >= 4 is 0 Å². The molecule has 2 aliphatic heterocycles. The van der Waals surface area contributed by atoms with E-state index in [-0.39, 0.29) is 0 Å². The lowest BCUT2D eigenvalue weighted by atomic mass is 9.92. The predicted octanol–water partition coefficient (Wildman–Crippen LogP) is 1.88. The average Bonchev–Trinajstić information content (AvgIpc) is 2.84. The Balaban J connectivity index is 1.76. The first kappa shape index (κ1) is 13.3. The molecule has 0 saturated carbocycles. The Morgan fingerprint density at radius 2 is 2.12 bits per heavy atom. The van der Waals surface area contributed by atoms with E-state index >= 15 is 0 Å². The van der Waals surface area contributed by atoms with Crippen LogP contribution in [0.4, 0.5) is 0 Å². The molecule has 3 atom stereocenters. The van der Waals surface area contributed by atoms with Crippen molar-refractivity contribution in [1.29, 1.82) is 0 Å². The van der Waals surface area contributed by atoms with Crippen molar-refractivity contribution in [2.75, 3.05) is 32.8 Å². The van der Waals surface area contributed by atoms with Crippen LogP contribution in [0.3, 0.4) is 0 Å². The van der Waals surface area contributed by atoms with Gasteiger partial charge in [-0.15, -0.1) is 0 Å². The van der Waals surface area contributed by atoms with E-state index in [1.165, 1.54) is 38.8 Å². The van der Waals surface area contributed by atoms with Crippen LogP contribution in [0, 0.1) is 5.92 Å². The molecule has 0 radical (unpaired) electrons. The molecule has 0 bridgehead atoms. The highest BCUT2D eigenvalue weighted by Gasteiger charge is 2.25. The fraction of sp³-hybridized carbons (Fsp3) is 1.00. The van der Waals surface area contributed by atoms with Crippen LogP contribution >= 0.6 is 0 Å². The van der Waals surface area contributed by atoms with Crippen LogP contribution in [0.5, 0.6) is 0 Å². The second-order valence-corrected chi connectivity index (χ2v) is 5.67. The van der Waals surface area contributed by atoms with E-state index in [9.17, 15) is 0 Å². The number of piperidine rings is 1. The number of nitrogens with zero attached hydrogens (tertiary/aromatic N) is 1. The van der Waals surface area contributed by atoms with Crippen LogP contribution in [-0.2, 0) is 4.74 Å². The van der Waals surface area contributed by atoms with Crippen molar-refractivity contribution in [2.45, 2.75) is 51.7 Å². The molecule has 2 rings (SSSR count). The third kappa shape index (κ3) is 3.94. The zero-order chi connectivity index (χ0) is 12.1. The largest absolute Gasteiger partial charge is 0.377 e. The van der Waals surface area contributed by atoms with Gasteiger partial charge in [-0.05, 0) is 44.7 Å². The normalized spacial score (nSPS) is 34.4. The van der Waals surface area contributed by atoms with Gasteiger partial charge >= 0.3 is 0 Å². The number of ether oxygens (including phenoxy) is 1. The molecule has 0 aromatic heterocycles. The molecule has 2 saturated heterocycles. The molecule has 100 valence electrons. The van der Waals surface area contributed by atoms with Crippen molar-refractivity contribution in [3.05, 3.63) is 0 Å². The first-order valence-electron chi connectivity index (χ1n) is 7.37. The van der Waals surface area contributed by atoms with E-state index in [0.29, 0.717) is 12.1 Å². The predicted molar refractivity (Wildman–Crippen MR) is 71.3 cm³/mol. The molecule has 0 amide bonds. The highest BCUT2D eigenvalue weighted by Crippen LogP contribution is 2.18. The lowest BCUT2D eigenvalue weighted by Gasteiger charge is -2.35. The first-order valence-corrected chi connectivity index (χ1v) is 7.37. The van der Waals surface area contributed by atoms with Gasteiger partial charge in [-0.1, -0.05) is 13.8 Å². The summed E-state index contributed by atoms with van der Waals surface area (Å²) in [5, 5.41) is 3.68. The molecule has 1 N–H and O–H groups in total. The third-order valence-electron chi connectivity index (χ3n) is 4.32. The van der Waals surface area contributed by atoms with E-state index < -0.39 is 0 Å². The zero-order valence-electron chi connectivity index (χ0n) is 11.5. The maximum Gasteiger partial charge on any atom is 0.0702 e. The average molecular weight is 240 g/mol. The molecule has 0 aromatic rings. The maximum absolute atomic E-state index is 5.74. The van der Waals surface area contributed by atoms with Gasteiger partial charge in [0.1, 0.15) is 0 Å². The Morgan fingerprint density at radius 3 is 2.76 bits per heavy atom. The molecule has 3 nitrogen and oxygen atoms in total. The molecule has 0 aliphatic carbocycles. The van der Waals surface area contributed by atoms with Crippen molar-refractivity contribution in [1.82, 2.24) is 10.2 Å². The summed E-state index contributed by atoms with van der Waals surface area (Å²) in [5.41, 5.74) is 0.